The summed E-state index contributed by atoms with van der Waals surface area (Å²) in [6, 6.07) is 9.33. The number of ether oxygens (including phenoxy) is 2. The van der Waals surface area contributed by atoms with Gasteiger partial charge in [-0.1, -0.05) is 0 Å². The number of hydrogen-bond donors (Lipinski definition) is 1. The Bertz CT molecular complexity index is 1090. The number of nitrogens with one attached hydrogen (secondary N) is 1. The van der Waals surface area contributed by atoms with Crippen molar-refractivity contribution in [1.29, 1.82) is 0 Å². The molecule has 1 atom stereocenters. The third kappa shape index (κ3) is 4.66. The monoisotopic (exact) mass is 417 g/mol. The van der Waals surface area contributed by atoms with Crippen molar-refractivity contribution in [3.63, 3.8) is 0 Å². The molecule has 0 fully saturated rings. The molecule has 0 aliphatic carbocycles. The van der Waals surface area contributed by atoms with Crippen molar-refractivity contribution in [2.24, 2.45) is 0 Å². The number of hydrogen-bond acceptors (Lipinski definition) is 7. The smallest absolute Gasteiger partial charge is 0.350 e. The summed E-state index contributed by atoms with van der Waals surface area (Å²) in [7, 11) is 1.25. The summed E-state index contributed by atoms with van der Waals surface area (Å²) in [4.78, 5) is 36.4. The Labute approximate surface area is 168 Å². The highest BCUT2D eigenvalue weighted by molar-refractivity contribution is 7.12. The van der Waals surface area contributed by atoms with E-state index in [9.17, 15) is 18.8 Å². The van der Waals surface area contributed by atoms with E-state index in [4.69, 9.17) is 4.74 Å². The van der Waals surface area contributed by atoms with Crippen molar-refractivity contribution < 1.29 is 23.5 Å². The van der Waals surface area contributed by atoms with Crippen LogP contribution in [0.1, 0.15) is 16.6 Å². The average molecular weight is 417 g/mol. The quantitative estimate of drug-likeness (QED) is 0.619. The first kappa shape index (κ1) is 20.2. The van der Waals surface area contributed by atoms with Gasteiger partial charge in [-0.25, -0.2) is 9.18 Å². The first-order chi connectivity index (χ1) is 13.9. The minimum absolute atomic E-state index is 0.0232. The molecule has 0 aliphatic rings. The standard InChI is InChI=1S/C19H16FN3O5S/c1-11(18(25)21-14-9-10-29-17(14)19(26)27-2)28-15-7-8-16(24)23(22-15)13-5-3-12(20)4-6-13/h3-11H,1-2H3,(H,21,25). The van der Waals surface area contributed by atoms with Crippen LogP contribution in [0.4, 0.5) is 10.1 Å². The average Bonchev–Trinajstić information content (AvgIpc) is 3.17. The Hall–Kier alpha value is -3.53. The minimum Gasteiger partial charge on any atom is -0.465 e. The largest absolute Gasteiger partial charge is 0.465 e. The molecule has 2 heterocycles. The van der Waals surface area contributed by atoms with E-state index >= 15 is 0 Å². The van der Waals surface area contributed by atoms with Crippen molar-refractivity contribution >= 4 is 28.9 Å². The number of halogens is 1. The topological polar surface area (TPSA) is 99.5 Å². The Morgan fingerprint density at radius 1 is 1.17 bits per heavy atom. The second-order valence-corrected chi connectivity index (χ2v) is 6.72. The molecule has 29 heavy (non-hydrogen) atoms. The summed E-state index contributed by atoms with van der Waals surface area (Å²) >= 11 is 1.13. The number of carbonyl (C=O) groups excluding carboxylic acids is 2. The molecule has 1 N–H and O–H groups in total. The lowest BCUT2D eigenvalue weighted by atomic mass is 10.3. The van der Waals surface area contributed by atoms with Crippen LogP contribution in [0.2, 0.25) is 0 Å². The molecule has 10 heteroatoms. The second-order valence-electron chi connectivity index (χ2n) is 5.80. The maximum Gasteiger partial charge on any atom is 0.350 e. The second kappa shape index (κ2) is 8.65. The molecule has 0 saturated heterocycles. The Balaban J connectivity index is 1.74. The predicted octanol–water partition coefficient (Wildman–Crippen LogP) is 2.63. The van der Waals surface area contributed by atoms with Crippen LogP contribution < -0.4 is 15.6 Å². The Morgan fingerprint density at radius 2 is 1.90 bits per heavy atom. The molecule has 8 nitrogen and oxygen atoms in total. The maximum absolute atomic E-state index is 13.1. The third-order valence-corrected chi connectivity index (χ3v) is 4.70. The van der Waals surface area contributed by atoms with Crippen LogP contribution in [0.5, 0.6) is 5.88 Å². The van der Waals surface area contributed by atoms with Gasteiger partial charge < -0.3 is 14.8 Å². The molecule has 1 unspecified atom stereocenters. The van der Waals surface area contributed by atoms with Gasteiger partial charge in [0.2, 0.25) is 5.88 Å². The van der Waals surface area contributed by atoms with Crippen molar-refractivity contribution in [3.8, 4) is 11.6 Å². The number of amides is 1. The van der Waals surface area contributed by atoms with Gasteiger partial charge in [0.1, 0.15) is 10.7 Å². The summed E-state index contributed by atoms with van der Waals surface area (Å²) in [5.74, 6) is -1.50. The molecule has 0 aliphatic heterocycles. The van der Waals surface area contributed by atoms with Gasteiger partial charge in [0.25, 0.3) is 11.5 Å². The van der Waals surface area contributed by atoms with Gasteiger partial charge in [0.05, 0.1) is 18.5 Å². The van der Waals surface area contributed by atoms with E-state index in [-0.39, 0.29) is 10.8 Å². The van der Waals surface area contributed by atoms with Gasteiger partial charge in [-0.3, -0.25) is 9.59 Å². The van der Waals surface area contributed by atoms with Gasteiger partial charge in [-0.05, 0) is 42.6 Å². The fraction of sp³-hybridized carbons (Fsp3) is 0.158. The maximum atomic E-state index is 13.1. The first-order valence-electron chi connectivity index (χ1n) is 8.38. The normalized spacial score (nSPS) is 11.6. The summed E-state index contributed by atoms with van der Waals surface area (Å²) in [5.41, 5.74) is 0.216. The zero-order valence-electron chi connectivity index (χ0n) is 15.4. The van der Waals surface area contributed by atoms with Gasteiger partial charge in [-0.2, -0.15) is 4.68 Å². The van der Waals surface area contributed by atoms with Gasteiger partial charge in [-0.15, -0.1) is 16.4 Å². The van der Waals surface area contributed by atoms with E-state index in [1.165, 1.54) is 50.4 Å². The third-order valence-electron chi connectivity index (χ3n) is 3.81. The molecule has 0 radical (unpaired) electrons. The highest BCUT2D eigenvalue weighted by Gasteiger charge is 2.20. The van der Waals surface area contributed by atoms with Gasteiger partial charge in [0, 0.05) is 12.1 Å². The zero-order chi connectivity index (χ0) is 21.0. The van der Waals surface area contributed by atoms with Crippen LogP contribution in [-0.2, 0) is 9.53 Å². The minimum atomic E-state index is -0.980. The van der Waals surface area contributed by atoms with E-state index in [1.807, 2.05) is 0 Å². The number of carbonyl (C=O) groups is 2. The van der Waals surface area contributed by atoms with Crippen LogP contribution in [0.3, 0.4) is 0 Å². The molecule has 0 bridgehead atoms. The Kier molecular flexibility index (Phi) is 6.03. The van der Waals surface area contributed by atoms with Crippen LogP contribution >= 0.6 is 11.3 Å². The van der Waals surface area contributed by atoms with Gasteiger partial charge in [0.15, 0.2) is 6.10 Å². The number of nitrogens with zero attached hydrogens (tertiary/aromatic N) is 2. The van der Waals surface area contributed by atoms with Crippen LogP contribution in [0, 0.1) is 5.82 Å². The van der Waals surface area contributed by atoms with Crippen LogP contribution in [0.25, 0.3) is 5.69 Å². The van der Waals surface area contributed by atoms with E-state index in [1.54, 1.807) is 11.4 Å². The zero-order valence-corrected chi connectivity index (χ0v) is 16.2. The first-order valence-corrected chi connectivity index (χ1v) is 9.26. The number of anilines is 1. The molecule has 3 rings (SSSR count). The number of benzene rings is 1. The molecule has 150 valence electrons. The molecule has 2 aromatic heterocycles. The molecule has 1 amide bonds. The fourth-order valence-electron chi connectivity index (χ4n) is 2.35. The molecule has 0 spiro atoms. The molecule has 3 aromatic rings. The SMILES string of the molecule is COC(=O)c1sccc1NC(=O)C(C)Oc1ccc(=O)n(-c2ccc(F)cc2)n1. The predicted molar refractivity (Wildman–Crippen MR) is 104 cm³/mol. The molecular formula is C19H16FN3O5S. The molecule has 0 saturated carbocycles. The number of esters is 1. The molecule has 1 aromatic carbocycles. The lowest BCUT2D eigenvalue weighted by Crippen LogP contribution is -2.31. The summed E-state index contributed by atoms with van der Waals surface area (Å²) in [6.07, 6.45) is -0.980. The summed E-state index contributed by atoms with van der Waals surface area (Å²) < 4.78 is 24.3. The summed E-state index contributed by atoms with van der Waals surface area (Å²) in [5, 5.41) is 8.30. The number of thiophene rings is 1. The lowest BCUT2D eigenvalue weighted by molar-refractivity contribution is -0.122. The van der Waals surface area contributed by atoms with Crippen LogP contribution in [-0.4, -0.2) is 34.9 Å². The lowest BCUT2D eigenvalue weighted by Gasteiger charge is -2.15. The van der Waals surface area contributed by atoms with Crippen molar-refractivity contribution in [3.05, 3.63) is 68.9 Å². The highest BCUT2D eigenvalue weighted by Crippen LogP contribution is 2.23. The van der Waals surface area contributed by atoms with Gasteiger partial charge >= 0.3 is 5.97 Å². The van der Waals surface area contributed by atoms with Crippen molar-refractivity contribution in [2.75, 3.05) is 12.4 Å². The fourth-order valence-corrected chi connectivity index (χ4v) is 3.12. The van der Waals surface area contributed by atoms with Crippen molar-refractivity contribution in [2.45, 2.75) is 13.0 Å². The van der Waals surface area contributed by atoms with Crippen molar-refractivity contribution in [1.82, 2.24) is 9.78 Å². The van der Waals surface area contributed by atoms with E-state index in [0.717, 1.165) is 16.0 Å². The number of methoxy groups -OCH3 is 1. The summed E-state index contributed by atoms with van der Waals surface area (Å²) in [6.45, 7) is 1.49. The Morgan fingerprint density at radius 3 is 2.59 bits per heavy atom. The number of rotatable bonds is 6. The van der Waals surface area contributed by atoms with E-state index < -0.39 is 29.4 Å². The molecular weight excluding hydrogens is 401 g/mol. The highest BCUT2D eigenvalue weighted by atomic mass is 32.1. The number of aromatic nitrogens is 2. The van der Waals surface area contributed by atoms with E-state index in [0.29, 0.717) is 11.4 Å². The van der Waals surface area contributed by atoms with Crippen LogP contribution in [0.15, 0.2) is 52.6 Å². The van der Waals surface area contributed by atoms with E-state index in [2.05, 4.69) is 15.2 Å².